The summed E-state index contributed by atoms with van der Waals surface area (Å²) in [6, 6.07) is 0. The van der Waals surface area contributed by atoms with Crippen molar-refractivity contribution in [2.75, 3.05) is 6.54 Å². The number of aliphatic carboxylic acids is 1. The molecule has 30 heavy (non-hydrogen) atoms. The zero-order valence-corrected chi connectivity index (χ0v) is 20.5. The Bertz CT molecular complexity index is 630. The van der Waals surface area contributed by atoms with Crippen molar-refractivity contribution < 1.29 is 24.2 Å². The number of hydrogen-bond donors (Lipinski definition) is 1. The Morgan fingerprint density at radius 3 is 2.07 bits per heavy atom. The summed E-state index contributed by atoms with van der Waals surface area (Å²) < 4.78 is 11.7. The van der Waals surface area contributed by atoms with Gasteiger partial charge in [0.25, 0.3) is 0 Å². The van der Waals surface area contributed by atoms with Gasteiger partial charge in [-0.25, -0.2) is 4.79 Å². The third-order valence-electron chi connectivity index (χ3n) is 6.41. The molecule has 1 amide bonds. The molecule has 2 saturated heterocycles. The molecule has 2 aliphatic heterocycles. The van der Waals surface area contributed by atoms with E-state index in [2.05, 4.69) is 41.5 Å². The maximum atomic E-state index is 12.7. The molecular formula is C24H43NO5. The molecule has 0 radical (unpaired) electrons. The highest BCUT2D eigenvalue weighted by atomic mass is 16.6. The molecule has 6 heteroatoms. The molecule has 2 unspecified atom stereocenters. The molecule has 2 aliphatic rings. The number of carboxylic acid groups (broad SMARTS) is 1. The van der Waals surface area contributed by atoms with Crippen molar-refractivity contribution in [2.24, 2.45) is 17.8 Å². The van der Waals surface area contributed by atoms with Gasteiger partial charge in [-0.1, -0.05) is 0 Å². The third kappa shape index (κ3) is 6.60. The second-order valence-corrected chi connectivity index (χ2v) is 12.3. The van der Waals surface area contributed by atoms with Crippen LogP contribution >= 0.6 is 0 Å². The van der Waals surface area contributed by atoms with Crippen molar-refractivity contribution in [1.29, 1.82) is 0 Å². The Morgan fingerprint density at radius 2 is 1.60 bits per heavy atom. The first-order valence-corrected chi connectivity index (χ1v) is 11.3. The molecular weight excluding hydrogens is 382 g/mol. The first-order chi connectivity index (χ1) is 13.4. The number of hydrogen-bond acceptors (Lipinski definition) is 4. The van der Waals surface area contributed by atoms with E-state index in [1.165, 1.54) is 0 Å². The highest BCUT2D eigenvalue weighted by molar-refractivity contribution is 5.70. The number of carbonyl (C=O) groups excluding carboxylic acids is 1. The SMILES string of the molecule is CC(C)(C)OC(=O)N1CC(CCC(C(=O)O)C2CC(C)(C)OC(C)(C)C2)CC1(C)C. The molecule has 2 atom stereocenters. The predicted molar refractivity (Wildman–Crippen MR) is 117 cm³/mol. The zero-order valence-electron chi connectivity index (χ0n) is 20.5. The van der Waals surface area contributed by atoms with E-state index in [1.807, 2.05) is 25.7 Å². The number of amides is 1. The highest BCUT2D eigenvalue weighted by Gasteiger charge is 2.46. The minimum atomic E-state index is -0.713. The quantitative estimate of drug-likeness (QED) is 0.630. The first-order valence-electron chi connectivity index (χ1n) is 11.3. The van der Waals surface area contributed by atoms with Crippen molar-refractivity contribution in [3.05, 3.63) is 0 Å². The Hall–Kier alpha value is -1.30. The molecule has 0 spiro atoms. The van der Waals surface area contributed by atoms with E-state index in [0.29, 0.717) is 13.0 Å². The summed E-state index contributed by atoms with van der Waals surface area (Å²) in [4.78, 5) is 26.6. The van der Waals surface area contributed by atoms with Crippen LogP contribution in [-0.2, 0) is 14.3 Å². The van der Waals surface area contributed by atoms with Gasteiger partial charge < -0.3 is 19.5 Å². The summed E-state index contributed by atoms with van der Waals surface area (Å²) >= 11 is 0. The van der Waals surface area contributed by atoms with Crippen molar-refractivity contribution in [3.8, 4) is 0 Å². The normalized spacial score (nSPS) is 27.0. The lowest BCUT2D eigenvalue weighted by Gasteiger charge is -2.47. The van der Waals surface area contributed by atoms with Crippen LogP contribution in [0.3, 0.4) is 0 Å². The summed E-state index contributed by atoms with van der Waals surface area (Å²) in [7, 11) is 0. The van der Waals surface area contributed by atoms with E-state index in [-0.39, 0.29) is 40.6 Å². The maximum absolute atomic E-state index is 12.7. The third-order valence-corrected chi connectivity index (χ3v) is 6.41. The standard InChI is InChI=1S/C24H43NO5/c1-21(2,3)29-20(28)25-15-16(12-22(25,4)5)10-11-18(19(26)27)17-13-23(6,7)30-24(8,9)14-17/h16-18H,10-15H2,1-9H3,(H,26,27). The predicted octanol–water partition coefficient (Wildman–Crippen LogP) is 5.49. The number of likely N-dealkylation sites (tertiary alicyclic amines) is 1. The molecule has 174 valence electrons. The van der Waals surface area contributed by atoms with Crippen LogP contribution in [0.2, 0.25) is 0 Å². The van der Waals surface area contributed by atoms with Crippen LogP contribution in [0.15, 0.2) is 0 Å². The van der Waals surface area contributed by atoms with E-state index in [0.717, 1.165) is 25.7 Å². The fourth-order valence-electron chi connectivity index (χ4n) is 5.65. The smallest absolute Gasteiger partial charge is 0.410 e. The topological polar surface area (TPSA) is 76.1 Å². The molecule has 0 aliphatic carbocycles. The van der Waals surface area contributed by atoms with Crippen LogP contribution in [0.5, 0.6) is 0 Å². The summed E-state index contributed by atoms with van der Waals surface area (Å²) in [5.74, 6) is -0.714. The first kappa shape index (κ1) is 25.0. The molecule has 2 rings (SSSR count). The van der Waals surface area contributed by atoms with E-state index < -0.39 is 11.6 Å². The summed E-state index contributed by atoms with van der Waals surface area (Å²) in [6.07, 6.45) is 3.54. The minimum Gasteiger partial charge on any atom is -0.481 e. The number of rotatable bonds is 5. The van der Waals surface area contributed by atoms with Gasteiger partial charge in [0, 0.05) is 12.1 Å². The molecule has 0 aromatic rings. The van der Waals surface area contributed by atoms with Gasteiger partial charge in [0.1, 0.15) is 5.60 Å². The van der Waals surface area contributed by atoms with E-state index in [1.54, 1.807) is 0 Å². The second-order valence-electron chi connectivity index (χ2n) is 12.3. The molecule has 0 bridgehead atoms. The van der Waals surface area contributed by atoms with Crippen molar-refractivity contribution in [1.82, 2.24) is 4.90 Å². The van der Waals surface area contributed by atoms with E-state index >= 15 is 0 Å². The Kier molecular flexibility index (Phi) is 6.93. The van der Waals surface area contributed by atoms with Gasteiger partial charge in [0.2, 0.25) is 0 Å². The van der Waals surface area contributed by atoms with Crippen LogP contribution in [0.25, 0.3) is 0 Å². The molecule has 6 nitrogen and oxygen atoms in total. The Morgan fingerprint density at radius 1 is 1.07 bits per heavy atom. The van der Waals surface area contributed by atoms with Crippen LogP contribution in [0.1, 0.15) is 94.4 Å². The van der Waals surface area contributed by atoms with Gasteiger partial charge in [0.05, 0.1) is 17.1 Å². The fraction of sp³-hybridized carbons (Fsp3) is 0.917. The van der Waals surface area contributed by atoms with E-state index in [4.69, 9.17) is 9.47 Å². The molecule has 0 aromatic heterocycles. The van der Waals surface area contributed by atoms with Gasteiger partial charge in [0.15, 0.2) is 0 Å². The molecule has 0 aromatic carbocycles. The number of carboxylic acids is 1. The van der Waals surface area contributed by atoms with Crippen LogP contribution in [0.4, 0.5) is 4.79 Å². The molecule has 0 saturated carbocycles. The van der Waals surface area contributed by atoms with Crippen LogP contribution in [0, 0.1) is 17.8 Å². The second kappa shape index (κ2) is 8.33. The van der Waals surface area contributed by atoms with Gasteiger partial charge in [-0.05, 0) is 106 Å². The molecule has 2 fully saturated rings. The number of nitrogens with zero attached hydrogens (tertiary/aromatic N) is 1. The molecule has 1 N–H and O–H groups in total. The van der Waals surface area contributed by atoms with Crippen molar-refractivity contribution in [3.63, 3.8) is 0 Å². The Labute approximate surface area is 182 Å². The van der Waals surface area contributed by atoms with Crippen LogP contribution in [-0.4, -0.2) is 51.0 Å². The largest absolute Gasteiger partial charge is 0.481 e. The lowest BCUT2D eigenvalue weighted by atomic mass is 9.72. The fourth-order valence-corrected chi connectivity index (χ4v) is 5.65. The average Bonchev–Trinajstić information content (AvgIpc) is 2.76. The van der Waals surface area contributed by atoms with Crippen molar-refractivity contribution in [2.45, 2.75) is 117 Å². The lowest BCUT2D eigenvalue weighted by molar-refractivity contribution is -0.184. The molecule has 2 heterocycles. The summed E-state index contributed by atoms with van der Waals surface area (Å²) in [5, 5.41) is 9.98. The van der Waals surface area contributed by atoms with Gasteiger partial charge in [-0.3, -0.25) is 4.79 Å². The summed E-state index contributed by atoms with van der Waals surface area (Å²) in [6.45, 7) is 18.6. The van der Waals surface area contributed by atoms with E-state index in [9.17, 15) is 14.7 Å². The maximum Gasteiger partial charge on any atom is 0.410 e. The van der Waals surface area contributed by atoms with Gasteiger partial charge in [-0.2, -0.15) is 0 Å². The van der Waals surface area contributed by atoms with Crippen LogP contribution < -0.4 is 0 Å². The Balaban J connectivity index is 2.03. The zero-order chi connectivity index (χ0) is 23.1. The average molecular weight is 426 g/mol. The lowest BCUT2D eigenvalue weighted by Crippen LogP contribution is -2.48. The minimum absolute atomic E-state index is 0.0950. The van der Waals surface area contributed by atoms with Gasteiger partial charge in [-0.15, -0.1) is 0 Å². The highest BCUT2D eigenvalue weighted by Crippen LogP contribution is 2.44. The monoisotopic (exact) mass is 425 g/mol. The number of carbonyl (C=O) groups is 2. The van der Waals surface area contributed by atoms with Crippen molar-refractivity contribution >= 4 is 12.1 Å². The summed E-state index contributed by atoms with van der Waals surface area (Å²) in [5.41, 5.74) is -1.44. The number of ether oxygens (including phenoxy) is 2. The van der Waals surface area contributed by atoms with Gasteiger partial charge >= 0.3 is 12.1 Å².